The molecule has 1 fully saturated rings. The van der Waals surface area contributed by atoms with Gasteiger partial charge in [-0.2, -0.15) is 0 Å². The molecule has 0 saturated carbocycles. The van der Waals surface area contributed by atoms with E-state index in [1.807, 2.05) is 6.08 Å². The third kappa shape index (κ3) is 2.43. The molecule has 0 radical (unpaired) electrons. The SMILES string of the molecule is C#CC1=CCN(C(=O)C2COCCO2)CC1. The molecule has 2 rings (SSSR count). The molecule has 0 aromatic carbocycles. The molecule has 1 amide bonds. The smallest absolute Gasteiger partial charge is 0.254 e. The first kappa shape index (κ1) is 11.2. The summed E-state index contributed by atoms with van der Waals surface area (Å²) in [6, 6.07) is 0. The third-order valence-electron chi connectivity index (χ3n) is 2.80. The molecule has 0 spiro atoms. The van der Waals surface area contributed by atoms with Gasteiger partial charge in [0.2, 0.25) is 0 Å². The van der Waals surface area contributed by atoms with E-state index in [4.69, 9.17) is 15.9 Å². The van der Waals surface area contributed by atoms with E-state index in [-0.39, 0.29) is 5.91 Å². The fourth-order valence-corrected chi connectivity index (χ4v) is 1.83. The van der Waals surface area contributed by atoms with Gasteiger partial charge in [0, 0.05) is 18.7 Å². The summed E-state index contributed by atoms with van der Waals surface area (Å²) in [5.74, 6) is 2.62. The second-order valence-electron chi connectivity index (χ2n) is 3.84. The van der Waals surface area contributed by atoms with Crippen molar-refractivity contribution >= 4 is 5.91 Å². The first-order valence-corrected chi connectivity index (χ1v) is 5.45. The third-order valence-corrected chi connectivity index (χ3v) is 2.80. The first-order chi connectivity index (χ1) is 7.81. The van der Waals surface area contributed by atoms with Crippen molar-refractivity contribution in [2.45, 2.75) is 12.5 Å². The van der Waals surface area contributed by atoms with Crippen LogP contribution in [0.3, 0.4) is 0 Å². The van der Waals surface area contributed by atoms with Crippen molar-refractivity contribution in [1.82, 2.24) is 4.90 Å². The molecule has 2 heterocycles. The zero-order chi connectivity index (χ0) is 11.4. The topological polar surface area (TPSA) is 38.8 Å². The summed E-state index contributed by atoms with van der Waals surface area (Å²) in [5.41, 5.74) is 0.977. The Bertz CT molecular complexity index is 337. The summed E-state index contributed by atoms with van der Waals surface area (Å²) >= 11 is 0. The van der Waals surface area contributed by atoms with Crippen molar-refractivity contribution in [2.24, 2.45) is 0 Å². The van der Waals surface area contributed by atoms with E-state index in [2.05, 4.69) is 5.92 Å². The van der Waals surface area contributed by atoms with Crippen LogP contribution in [0.1, 0.15) is 6.42 Å². The average Bonchev–Trinajstić information content (AvgIpc) is 2.39. The van der Waals surface area contributed by atoms with E-state index in [0.717, 1.165) is 12.0 Å². The maximum Gasteiger partial charge on any atom is 0.254 e. The average molecular weight is 221 g/mol. The predicted molar refractivity (Wildman–Crippen MR) is 58.7 cm³/mol. The van der Waals surface area contributed by atoms with Gasteiger partial charge < -0.3 is 14.4 Å². The first-order valence-electron chi connectivity index (χ1n) is 5.45. The highest BCUT2D eigenvalue weighted by Gasteiger charge is 2.28. The summed E-state index contributed by atoms with van der Waals surface area (Å²) in [6.45, 7) is 2.69. The number of nitrogens with zero attached hydrogens (tertiary/aromatic N) is 1. The van der Waals surface area contributed by atoms with Crippen LogP contribution in [-0.2, 0) is 14.3 Å². The lowest BCUT2D eigenvalue weighted by atomic mass is 10.1. The van der Waals surface area contributed by atoms with Gasteiger partial charge in [-0.1, -0.05) is 12.0 Å². The Labute approximate surface area is 95.2 Å². The zero-order valence-electron chi connectivity index (χ0n) is 9.15. The van der Waals surface area contributed by atoms with E-state index in [1.54, 1.807) is 4.90 Å². The minimum atomic E-state index is -0.436. The summed E-state index contributed by atoms with van der Waals surface area (Å²) < 4.78 is 10.6. The molecule has 0 N–H and O–H groups in total. The molecule has 4 heteroatoms. The summed E-state index contributed by atoms with van der Waals surface area (Å²) in [5, 5.41) is 0. The van der Waals surface area contributed by atoms with E-state index >= 15 is 0 Å². The molecule has 4 nitrogen and oxygen atoms in total. The number of hydrogen-bond donors (Lipinski definition) is 0. The molecule has 1 saturated heterocycles. The second kappa shape index (κ2) is 5.15. The Morgan fingerprint density at radius 1 is 1.56 bits per heavy atom. The van der Waals surface area contributed by atoms with Crippen LogP contribution >= 0.6 is 0 Å². The quantitative estimate of drug-likeness (QED) is 0.593. The van der Waals surface area contributed by atoms with Crippen LogP contribution in [0.5, 0.6) is 0 Å². The minimum Gasteiger partial charge on any atom is -0.376 e. The maximum absolute atomic E-state index is 12.0. The normalized spacial score (nSPS) is 25.8. The molecule has 1 unspecified atom stereocenters. The highest BCUT2D eigenvalue weighted by molar-refractivity contribution is 5.81. The fourth-order valence-electron chi connectivity index (χ4n) is 1.83. The van der Waals surface area contributed by atoms with Gasteiger partial charge in [0.05, 0.1) is 19.8 Å². The molecule has 0 aliphatic carbocycles. The number of hydrogen-bond acceptors (Lipinski definition) is 3. The van der Waals surface area contributed by atoms with E-state index in [0.29, 0.717) is 32.9 Å². The van der Waals surface area contributed by atoms with Crippen molar-refractivity contribution in [3.8, 4) is 12.3 Å². The van der Waals surface area contributed by atoms with Crippen molar-refractivity contribution in [3.05, 3.63) is 11.6 Å². The van der Waals surface area contributed by atoms with Crippen LogP contribution in [0.15, 0.2) is 11.6 Å². The van der Waals surface area contributed by atoms with Gasteiger partial charge in [-0.25, -0.2) is 0 Å². The highest BCUT2D eigenvalue weighted by Crippen LogP contribution is 2.13. The maximum atomic E-state index is 12.0. The van der Waals surface area contributed by atoms with Crippen molar-refractivity contribution < 1.29 is 14.3 Å². The van der Waals surface area contributed by atoms with E-state index in [9.17, 15) is 4.79 Å². The molecule has 0 bridgehead atoms. The number of ether oxygens (including phenoxy) is 2. The van der Waals surface area contributed by atoms with Gasteiger partial charge >= 0.3 is 0 Å². The lowest BCUT2D eigenvalue weighted by molar-refractivity contribution is -0.157. The van der Waals surface area contributed by atoms with Gasteiger partial charge in [-0.3, -0.25) is 4.79 Å². The Morgan fingerprint density at radius 3 is 3.00 bits per heavy atom. The lowest BCUT2D eigenvalue weighted by Crippen LogP contribution is -2.46. The van der Waals surface area contributed by atoms with Gasteiger partial charge in [0.25, 0.3) is 5.91 Å². The lowest BCUT2D eigenvalue weighted by Gasteiger charge is -2.30. The van der Waals surface area contributed by atoms with Crippen LogP contribution in [0.25, 0.3) is 0 Å². The van der Waals surface area contributed by atoms with Crippen LogP contribution in [0.2, 0.25) is 0 Å². The minimum absolute atomic E-state index is 0.00650. The van der Waals surface area contributed by atoms with E-state index in [1.165, 1.54) is 0 Å². The summed E-state index contributed by atoms with van der Waals surface area (Å²) in [7, 11) is 0. The van der Waals surface area contributed by atoms with Gasteiger partial charge in [-0.05, 0) is 6.42 Å². The Kier molecular flexibility index (Phi) is 3.60. The van der Waals surface area contributed by atoms with Crippen LogP contribution in [0, 0.1) is 12.3 Å². The van der Waals surface area contributed by atoms with Crippen molar-refractivity contribution in [2.75, 3.05) is 32.9 Å². The van der Waals surface area contributed by atoms with E-state index < -0.39 is 6.10 Å². The molecule has 2 aliphatic rings. The Balaban J connectivity index is 1.91. The molecule has 86 valence electrons. The molecule has 2 aliphatic heterocycles. The molecule has 1 atom stereocenters. The fraction of sp³-hybridized carbons (Fsp3) is 0.583. The van der Waals surface area contributed by atoms with Crippen LogP contribution in [-0.4, -0.2) is 49.8 Å². The highest BCUT2D eigenvalue weighted by atomic mass is 16.6. The number of rotatable bonds is 1. The summed E-state index contributed by atoms with van der Waals surface area (Å²) in [6.07, 6.45) is 7.55. The monoisotopic (exact) mass is 221 g/mol. The Morgan fingerprint density at radius 2 is 2.44 bits per heavy atom. The molecule has 0 aromatic rings. The van der Waals surface area contributed by atoms with Crippen molar-refractivity contribution in [1.29, 1.82) is 0 Å². The predicted octanol–water partition coefficient (Wildman–Crippen LogP) is 0.194. The van der Waals surface area contributed by atoms with Gasteiger partial charge in [0.1, 0.15) is 0 Å². The number of carbonyl (C=O) groups excluding carboxylic acids is 1. The summed E-state index contributed by atoms with van der Waals surface area (Å²) in [4.78, 5) is 13.8. The number of terminal acetylenes is 1. The van der Waals surface area contributed by atoms with Crippen LogP contribution < -0.4 is 0 Å². The number of amides is 1. The molecule has 16 heavy (non-hydrogen) atoms. The van der Waals surface area contributed by atoms with Crippen LogP contribution in [0.4, 0.5) is 0 Å². The molecule has 0 aromatic heterocycles. The second-order valence-corrected chi connectivity index (χ2v) is 3.84. The largest absolute Gasteiger partial charge is 0.376 e. The molecular formula is C12H15NO3. The zero-order valence-corrected chi connectivity index (χ0v) is 9.15. The molecular weight excluding hydrogens is 206 g/mol. The number of carbonyl (C=O) groups is 1. The van der Waals surface area contributed by atoms with Crippen molar-refractivity contribution in [3.63, 3.8) is 0 Å². The van der Waals surface area contributed by atoms with Gasteiger partial charge in [0.15, 0.2) is 6.10 Å². The van der Waals surface area contributed by atoms with Gasteiger partial charge in [-0.15, -0.1) is 6.42 Å². The standard InChI is InChI=1S/C12H15NO3/c1-2-10-3-5-13(6-4-10)12(14)11-9-15-7-8-16-11/h1,3,11H,4-9H2. The Hall–Kier alpha value is -1.31.